The van der Waals surface area contributed by atoms with E-state index in [1.54, 1.807) is 6.07 Å². The van der Waals surface area contributed by atoms with Crippen molar-refractivity contribution in [2.24, 2.45) is 0 Å². The van der Waals surface area contributed by atoms with E-state index in [0.29, 0.717) is 5.59 Å². The van der Waals surface area contributed by atoms with Gasteiger partial charge in [0.05, 0.1) is 0 Å². The molecule has 0 unspecified atom stereocenters. The van der Waals surface area contributed by atoms with Crippen molar-refractivity contribution in [3.8, 4) is 0 Å². The molecule has 50 valence electrons. The van der Waals surface area contributed by atoms with Crippen LogP contribution in [0.2, 0.25) is 0 Å². The van der Waals surface area contributed by atoms with Crippen LogP contribution < -0.4 is 5.59 Å². The van der Waals surface area contributed by atoms with Gasteiger partial charge in [0.15, 0.2) is 0 Å². The average molecular weight is 131 g/mol. The summed E-state index contributed by atoms with van der Waals surface area (Å²) >= 11 is 0. The van der Waals surface area contributed by atoms with Crippen molar-refractivity contribution in [1.29, 1.82) is 0 Å². The summed E-state index contributed by atoms with van der Waals surface area (Å²) in [4.78, 5) is 4.14. The van der Waals surface area contributed by atoms with Gasteiger partial charge in [0, 0.05) is 5.69 Å². The van der Waals surface area contributed by atoms with Gasteiger partial charge in [-0.3, -0.25) is 4.98 Å². The van der Waals surface area contributed by atoms with E-state index >= 15 is 0 Å². The van der Waals surface area contributed by atoms with Crippen LogP contribution in [0.4, 0.5) is 0 Å². The second-order valence-electron chi connectivity index (χ2n) is 2.30. The highest BCUT2D eigenvalue weighted by molar-refractivity contribution is 6.30. The lowest BCUT2D eigenvalue weighted by molar-refractivity contribution is 0.887. The first-order valence-electron chi connectivity index (χ1n) is 3.54. The summed E-state index contributed by atoms with van der Waals surface area (Å²) in [6.07, 6.45) is 2.14. The van der Waals surface area contributed by atoms with E-state index in [0.717, 1.165) is 18.5 Å². The molecule has 0 aliphatic heterocycles. The number of rotatable bonds is 2. The van der Waals surface area contributed by atoms with Crippen LogP contribution in [-0.2, 0) is 6.42 Å². The zero-order valence-corrected chi connectivity index (χ0v) is 6.17. The number of aromatic nitrogens is 1. The van der Waals surface area contributed by atoms with Crippen molar-refractivity contribution in [3.63, 3.8) is 0 Å². The predicted octanol–water partition coefficient (Wildman–Crippen LogP) is 0.828. The van der Waals surface area contributed by atoms with Crippen LogP contribution in [0.15, 0.2) is 18.2 Å². The van der Waals surface area contributed by atoms with Crippen LogP contribution in [0.3, 0.4) is 0 Å². The lowest BCUT2D eigenvalue weighted by Crippen LogP contribution is -2.09. The van der Waals surface area contributed by atoms with E-state index in [4.69, 9.17) is 7.85 Å². The highest BCUT2D eigenvalue weighted by Gasteiger charge is 1.90. The zero-order chi connectivity index (χ0) is 7.40. The van der Waals surface area contributed by atoms with E-state index in [9.17, 15) is 0 Å². The molecule has 0 aliphatic carbocycles. The predicted molar refractivity (Wildman–Crippen MR) is 43.6 cm³/mol. The third-order valence-corrected chi connectivity index (χ3v) is 1.33. The van der Waals surface area contributed by atoms with E-state index < -0.39 is 0 Å². The number of nitrogens with zero attached hydrogens (tertiary/aromatic N) is 1. The van der Waals surface area contributed by atoms with Gasteiger partial charge in [0.25, 0.3) is 0 Å². The maximum absolute atomic E-state index is 5.48. The molecule has 0 aromatic carbocycles. The quantitative estimate of drug-likeness (QED) is 0.541. The Labute approximate surface area is 62.9 Å². The van der Waals surface area contributed by atoms with E-state index in [2.05, 4.69) is 11.9 Å². The Hall–Kier alpha value is -0.785. The number of hydrogen-bond donors (Lipinski definition) is 0. The maximum Gasteiger partial charge on any atom is 0.141 e. The van der Waals surface area contributed by atoms with Crippen molar-refractivity contribution in [1.82, 2.24) is 4.98 Å². The zero-order valence-electron chi connectivity index (χ0n) is 6.17. The summed E-state index contributed by atoms with van der Waals surface area (Å²) in [5, 5.41) is 0. The number of pyridine rings is 1. The van der Waals surface area contributed by atoms with Gasteiger partial charge in [-0.25, -0.2) is 0 Å². The molecule has 1 aromatic heterocycles. The van der Waals surface area contributed by atoms with Crippen molar-refractivity contribution < 1.29 is 0 Å². The molecule has 1 nitrogen and oxygen atoms in total. The van der Waals surface area contributed by atoms with Gasteiger partial charge in [-0.2, -0.15) is 0 Å². The van der Waals surface area contributed by atoms with Gasteiger partial charge >= 0.3 is 0 Å². The molecular weight excluding hydrogens is 121 g/mol. The van der Waals surface area contributed by atoms with Crippen LogP contribution in [0.1, 0.15) is 19.0 Å². The van der Waals surface area contributed by atoms with E-state index in [1.165, 1.54) is 0 Å². The Kier molecular flexibility index (Phi) is 2.49. The molecule has 1 heterocycles. The van der Waals surface area contributed by atoms with Crippen molar-refractivity contribution in [2.45, 2.75) is 19.8 Å². The van der Waals surface area contributed by atoms with Gasteiger partial charge < -0.3 is 0 Å². The summed E-state index contributed by atoms with van der Waals surface area (Å²) in [5.41, 5.74) is 1.70. The summed E-state index contributed by atoms with van der Waals surface area (Å²) in [6.45, 7) is 2.13. The first kappa shape index (κ1) is 7.32. The number of hydrogen-bond acceptors (Lipinski definition) is 1. The van der Waals surface area contributed by atoms with Gasteiger partial charge in [-0.15, -0.1) is 0 Å². The third kappa shape index (κ3) is 1.87. The maximum atomic E-state index is 5.48. The molecule has 1 aromatic rings. The first-order chi connectivity index (χ1) is 4.83. The summed E-state index contributed by atoms with van der Waals surface area (Å²) in [6, 6.07) is 5.74. The summed E-state index contributed by atoms with van der Waals surface area (Å²) in [7, 11) is 5.48. The molecule has 10 heavy (non-hydrogen) atoms. The van der Waals surface area contributed by atoms with Crippen LogP contribution in [-0.4, -0.2) is 12.8 Å². The third-order valence-electron chi connectivity index (χ3n) is 1.33. The molecular formula is C8H10BN. The van der Waals surface area contributed by atoms with Gasteiger partial charge in [0.1, 0.15) is 7.85 Å². The molecule has 0 fully saturated rings. The molecule has 2 heteroatoms. The fourth-order valence-electron chi connectivity index (χ4n) is 0.894. The second-order valence-corrected chi connectivity index (χ2v) is 2.30. The van der Waals surface area contributed by atoms with Crippen LogP contribution in [0.25, 0.3) is 0 Å². The van der Waals surface area contributed by atoms with Crippen molar-refractivity contribution in [3.05, 3.63) is 23.9 Å². The van der Waals surface area contributed by atoms with Gasteiger partial charge in [-0.1, -0.05) is 25.5 Å². The molecule has 1 rings (SSSR count). The van der Waals surface area contributed by atoms with Crippen molar-refractivity contribution in [2.75, 3.05) is 0 Å². The molecule has 0 bridgehead atoms. The Bertz CT molecular complexity index is 210. The second kappa shape index (κ2) is 3.40. The SMILES string of the molecule is [B]c1cccc(CCC)n1. The topological polar surface area (TPSA) is 12.9 Å². The van der Waals surface area contributed by atoms with Crippen molar-refractivity contribution >= 4 is 13.4 Å². The standard InChI is InChI=1S/C8H10BN/c1-2-4-7-5-3-6-8(9)10-7/h3,5-6H,2,4H2,1H3. The minimum atomic E-state index is 0.617. The smallest absolute Gasteiger partial charge is 0.141 e. The first-order valence-corrected chi connectivity index (χ1v) is 3.54. The van der Waals surface area contributed by atoms with E-state index in [-0.39, 0.29) is 0 Å². The Balaban J connectivity index is 2.75. The molecule has 0 saturated heterocycles. The molecule has 0 atom stereocenters. The molecule has 0 saturated carbocycles. The minimum Gasteiger partial charge on any atom is -0.269 e. The fraction of sp³-hybridized carbons (Fsp3) is 0.375. The lowest BCUT2D eigenvalue weighted by atomic mass is 10.0. The Morgan fingerprint density at radius 1 is 1.50 bits per heavy atom. The van der Waals surface area contributed by atoms with Crippen LogP contribution >= 0.6 is 0 Å². The Morgan fingerprint density at radius 2 is 2.30 bits per heavy atom. The molecule has 0 spiro atoms. The highest BCUT2D eigenvalue weighted by atomic mass is 14.7. The van der Waals surface area contributed by atoms with Gasteiger partial charge in [0.2, 0.25) is 0 Å². The highest BCUT2D eigenvalue weighted by Crippen LogP contribution is 1.94. The molecule has 0 amide bonds. The van der Waals surface area contributed by atoms with Crippen LogP contribution in [0, 0.1) is 0 Å². The molecule has 0 aliphatic rings. The van der Waals surface area contributed by atoms with Gasteiger partial charge in [-0.05, 0) is 18.1 Å². The van der Waals surface area contributed by atoms with E-state index in [1.807, 2.05) is 12.1 Å². The average Bonchev–Trinajstić information content (AvgIpc) is 1.88. The molecule has 0 N–H and O–H groups in total. The largest absolute Gasteiger partial charge is 0.269 e. The normalized spacial score (nSPS) is 9.70. The minimum absolute atomic E-state index is 0.617. The summed E-state index contributed by atoms with van der Waals surface area (Å²) in [5.74, 6) is 0. The molecule has 2 radical (unpaired) electrons. The van der Waals surface area contributed by atoms with Crippen LogP contribution in [0.5, 0.6) is 0 Å². The Morgan fingerprint density at radius 3 is 2.90 bits per heavy atom. The monoisotopic (exact) mass is 131 g/mol. The lowest BCUT2D eigenvalue weighted by Gasteiger charge is -1.97. The number of aryl methyl sites for hydroxylation is 1. The fourth-order valence-corrected chi connectivity index (χ4v) is 0.894. The summed E-state index contributed by atoms with van der Waals surface area (Å²) < 4.78 is 0.